The number of nitrogens with zero attached hydrogens (tertiary/aromatic N) is 4. The van der Waals surface area contributed by atoms with E-state index in [9.17, 15) is 0 Å². The van der Waals surface area contributed by atoms with Crippen LogP contribution >= 0.6 is 0 Å². The highest BCUT2D eigenvalue weighted by atomic mass is 16.5. The maximum atomic E-state index is 5.90. The molecule has 1 aromatic heterocycles. The third-order valence-electron chi connectivity index (χ3n) is 3.16. The minimum absolute atomic E-state index is 0.251. The molecule has 1 aliphatic carbocycles. The summed E-state index contributed by atoms with van der Waals surface area (Å²) < 4.78 is 5.90. The van der Waals surface area contributed by atoms with Gasteiger partial charge in [0.15, 0.2) is 0 Å². The van der Waals surface area contributed by atoms with Crippen molar-refractivity contribution in [3.05, 3.63) is 0 Å². The van der Waals surface area contributed by atoms with Crippen molar-refractivity contribution in [1.29, 1.82) is 0 Å². The summed E-state index contributed by atoms with van der Waals surface area (Å²) in [4.78, 5) is 14.9. The number of hydrogen-bond acceptors (Lipinski definition) is 6. The summed E-state index contributed by atoms with van der Waals surface area (Å²) in [5.41, 5.74) is 0. The summed E-state index contributed by atoms with van der Waals surface area (Å²) in [5, 5.41) is 3.11. The molecule has 0 saturated heterocycles. The zero-order valence-electron chi connectivity index (χ0n) is 12.0. The van der Waals surface area contributed by atoms with Crippen molar-refractivity contribution >= 4 is 11.9 Å². The van der Waals surface area contributed by atoms with E-state index in [2.05, 4.69) is 20.3 Å². The van der Waals surface area contributed by atoms with Gasteiger partial charge in [0.2, 0.25) is 11.9 Å². The van der Waals surface area contributed by atoms with Crippen molar-refractivity contribution in [3.63, 3.8) is 0 Å². The Morgan fingerprint density at radius 2 is 1.89 bits per heavy atom. The monoisotopic (exact) mass is 265 g/mol. The maximum absolute atomic E-state index is 5.90. The second kappa shape index (κ2) is 6.54. The average Bonchev–Trinajstić information content (AvgIpc) is 2.40. The Labute approximate surface area is 114 Å². The molecule has 19 heavy (non-hydrogen) atoms. The van der Waals surface area contributed by atoms with Gasteiger partial charge in [0.05, 0.1) is 0 Å². The smallest absolute Gasteiger partial charge is 0.323 e. The van der Waals surface area contributed by atoms with Crippen molar-refractivity contribution in [2.24, 2.45) is 0 Å². The van der Waals surface area contributed by atoms with Gasteiger partial charge in [-0.1, -0.05) is 6.42 Å². The zero-order chi connectivity index (χ0) is 13.7. The van der Waals surface area contributed by atoms with E-state index < -0.39 is 0 Å². The first-order valence-corrected chi connectivity index (χ1v) is 7.03. The summed E-state index contributed by atoms with van der Waals surface area (Å²) >= 11 is 0. The molecule has 0 radical (unpaired) electrons. The fourth-order valence-electron chi connectivity index (χ4n) is 2.17. The molecule has 1 saturated carbocycles. The molecule has 0 spiro atoms. The van der Waals surface area contributed by atoms with E-state index >= 15 is 0 Å². The number of aromatic nitrogens is 3. The van der Waals surface area contributed by atoms with Crippen LogP contribution in [0.3, 0.4) is 0 Å². The number of hydrogen-bond donors (Lipinski definition) is 1. The van der Waals surface area contributed by atoms with E-state index in [1.54, 1.807) is 0 Å². The Morgan fingerprint density at radius 3 is 2.53 bits per heavy atom. The van der Waals surface area contributed by atoms with E-state index in [-0.39, 0.29) is 6.10 Å². The van der Waals surface area contributed by atoms with Crippen molar-refractivity contribution in [2.45, 2.75) is 45.1 Å². The van der Waals surface area contributed by atoms with Gasteiger partial charge in [-0.3, -0.25) is 0 Å². The molecule has 0 unspecified atom stereocenters. The van der Waals surface area contributed by atoms with Crippen LogP contribution in [0.4, 0.5) is 11.9 Å². The highest BCUT2D eigenvalue weighted by Crippen LogP contribution is 2.22. The Morgan fingerprint density at radius 1 is 1.16 bits per heavy atom. The summed E-state index contributed by atoms with van der Waals surface area (Å²) in [7, 11) is 3.82. The lowest BCUT2D eigenvalue weighted by atomic mass is 9.98. The SMILES string of the molecule is CCNc1nc(OC2CCCCC2)nc(N(C)C)n1. The van der Waals surface area contributed by atoms with Gasteiger partial charge >= 0.3 is 6.01 Å². The Hall–Kier alpha value is -1.59. The lowest BCUT2D eigenvalue weighted by Crippen LogP contribution is -2.22. The van der Waals surface area contributed by atoms with Crippen LogP contribution in [0.1, 0.15) is 39.0 Å². The largest absolute Gasteiger partial charge is 0.460 e. The molecule has 1 N–H and O–H groups in total. The number of ether oxygens (including phenoxy) is 1. The minimum Gasteiger partial charge on any atom is -0.460 e. The van der Waals surface area contributed by atoms with Crippen LogP contribution in [-0.4, -0.2) is 41.7 Å². The van der Waals surface area contributed by atoms with E-state index in [1.807, 2.05) is 25.9 Å². The fraction of sp³-hybridized carbons (Fsp3) is 0.769. The van der Waals surface area contributed by atoms with Gasteiger partial charge in [-0.05, 0) is 32.6 Å². The van der Waals surface area contributed by atoms with Crippen LogP contribution < -0.4 is 15.0 Å². The normalized spacial score (nSPS) is 16.2. The van der Waals surface area contributed by atoms with Crippen molar-refractivity contribution in [3.8, 4) is 6.01 Å². The minimum atomic E-state index is 0.251. The summed E-state index contributed by atoms with van der Waals surface area (Å²) in [6.45, 7) is 2.79. The lowest BCUT2D eigenvalue weighted by Gasteiger charge is -2.22. The molecule has 0 atom stereocenters. The first-order valence-electron chi connectivity index (χ1n) is 7.03. The molecule has 0 amide bonds. The van der Waals surface area contributed by atoms with Gasteiger partial charge in [0.1, 0.15) is 6.10 Å². The van der Waals surface area contributed by atoms with Crippen LogP contribution in [0.5, 0.6) is 6.01 Å². The van der Waals surface area contributed by atoms with E-state index in [0.29, 0.717) is 17.9 Å². The third-order valence-corrected chi connectivity index (χ3v) is 3.16. The number of rotatable bonds is 5. The first kappa shape index (κ1) is 13.8. The van der Waals surface area contributed by atoms with Gasteiger partial charge in [0, 0.05) is 20.6 Å². The van der Waals surface area contributed by atoms with Gasteiger partial charge < -0.3 is 15.0 Å². The zero-order valence-corrected chi connectivity index (χ0v) is 12.0. The summed E-state index contributed by atoms with van der Waals surface area (Å²) in [5.74, 6) is 1.20. The molecular weight excluding hydrogens is 242 g/mol. The van der Waals surface area contributed by atoms with Crippen LogP contribution in [0.25, 0.3) is 0 Å². The lowest BCUT2D eigenvalue weighted by molar-refractivity contribution is 0.142. The predicted octanol–water partition coefficient (Wildman–Crippen LogP) is 2.08. The fourth-order valence-corrected chi connectivity index (χ4v) is 2.17. The van der Waals surface area contributed by atoms with E-state index in [0.717, 1.165) is 19.4 Å². The third kappa shape index (κ3) is 3.94. The molecule has 6 heteroatoms. The summed E-state index contributed by atoms with van der Waals surface area (Å²) in [6.07, 6.45) is 6.22. The average molecular weight is 265 g/mol. The van der Waals surface area contributed by atoms with Gasteiger partial charge in [0.25, 0.3) is 0 Å². The molecule has 0 aliphatic heterocycles. The molecule has 1 heterocycles. The standard InChI is InChI=1S/C13H23N5O/c1-4-14-11-15-12(18(2)3)17-13(16-11)19-10-8-6-5-7-9-10/h10H,4-9H2,1-3H3,(H,14,15,16,17). The van der Waals surface area contributed by atoms with E-state index in [1.165, 1.54) is 19.3 Å². The highest BCUT2D eigenvalue weighted by molar-refractivity contribution is 5.36. The Balaban J connectivity index is 2.12. The van der Waals surface area contributed by atoms with Crippen molar-refractivity contribution in [2.75, 3.05) is 30.9 Å². The van der Waals surface area contributed by atoms with Crippen LogP contribution in [0, 0.1) is 0 Å². The van der Waals surface area contributed by atoms with Crippen molar-refractivity contribution in [1.82, 2.24) is 15.0 Å². The maximum Gasteiger partial charge on any atom is 0.323 e. The number of nitrogens with one attached hydrogen (secondary N) is 1. The first-order chi connectivity index (χ1) is 9.19. The topological polar surface area (TPSA) is 63.2 Å². The molecular formula is C13H23N5O. The molecule has 0 aromatic carbocycles. The molecule has 106 valence electrons. The molecule has 1 fully saturated rings. The molecule has 1 aromatic rings. The van der Waals surface area contributed by atoms with E-state index in [4.69, 9.17) is 4.74 Å². The molecule has 2 rings (SSSR count). The molecule has 1 aliphatic rings. The van der Waals surface area contributed by atoms with Gasteiger partial charge in [-0.25, -0.2) is 0 Å². The van der Waals surface area contributed by atoms with Crippen molar-refractivity contribution < 1.29 is 4.74 Å². The summed E-state index contributed by atoms with van der Waals surface area (Å²) in [6, 6.07) is 0.432. The van der Waals surface area contributed by atoms with Gasteiger partial charge in [-0.15, -0.1) is 0 Å². The predicted molar refractivity (Wildman–Crippen MR) is 75.8 cm³/mol. The molecule has 0 bridgehead atoms. The number of anilines is 2. The molecule has 6 nitrogen and oxygen atoms in total. The quantitative estimate of drug-likeness (QED) is 0.879. The van der Waals surface area contributed by atoms with Crippen LogP contribution in [-0.2, 0) is 0 Å². The van der Waals surface area contributed by atoms with Crippen LogP contribution in [0.15, 0.2) is 0 Å². The van der Waals surface area contributed by atoms with Gasteiger partial charge in [-0.2, -0.15) is 15.0 Å². The Bertz CT molecular complexity index is 404. The second-order valence-corrected chi connectivity index (χ2v) is 5.04. The van der Waals surface area contributed by atoms with Crippen LogP contribution in [0.2, 0.25) is 0 Å². The highest BCUT2D eigenvalue weighted by Gasteiger charge is 2.17. The Kier molecular flexibility index (Phi) is 4.76. The second-order valence-electron chi connectivity index (χ2n) is 5.04.